The van der Waals surface area contributed by atoms with Crippen molar-refractivity contribution in [1.82, 2.24) is 15.2 Å². The molecular weight excluding hydrogens is 294 g/mol. The van der Waals surface area contributed by atoms with E-state index in [4.69, 9.17) is 4.42 Å². The molecule has 116 valence electrons. The predicted octanol–water partition coefficient (Wildman–Crippen LogP) is 1.65. The standard InChI is InChI=1S/C16H15N5O2/c1-10-12(15(22)19-8-11-4-2-3-5-17-11)13-14-18-6-7-21(14)9-20-16(13)23-10/h2-5,9H,6-8H2,1H3,(H,19,22). The molecular formula is C16H15N5O2. The minimum atomic E-state index is -0.204. The maximum absolute atomic E-state index is 12.6. The van der Waals surface area contributed by atoms with Gasteiger partial charge in [0, 0.05) is 12.7 Å². The summed E-state index contributed by atoms with van der Waals surface area (Å²) in [6, 6.07) is 5.59. The van der Waals surface area contributed by atoms with E-state index in [-0.39, 0.29) is 5.91 Å². The van der Waals surface area contributed by atoms with Crippen LogP contribution in [0.25, 0.3) is 0 Å². The van der Waals surface area contributed by atoms with Gasteiger partial charge >= 0.3 is 0 Å². The summed E-state index contributed by atoms with van der Waals surface area (Å²) < 4.78 is 5.64. The summed E-state index contributed by atoms with van der Waals surface area (Å²) in [7, 11) is 0. The molecule has 0 atom stereocenters. The SMILES string of the molecule is Cc1oc2c(c1C(=O)NCc1ccccn1)C1=NCCN1C=N2. The van der Waals surface area contributed by atoms with Crippen molar-refractivity contribution in [3.8, 4) is 0 Å². The van der Waals surface area contributed by atoms with Crippen LogP contribution in [0, 0.1) is 6.92 Å². The van der Waals surface area contributed by atoms with E-state index < -0.39 is 0 Å². The summed E-state index contributed by atoms with van der Waals surface area (Å²) in [5.74, 6) is 1.55. The summed E-state index contributed by atoms with van der Waals surface area (Å²) >= 11 is 0. The fourth-order valence-corrected chi connectivity index (χ4v) is 2.78. The average Bonchev–Trinajstić information content (AvgIpc) is 3.16. The number of fused-ring (bicyclic) bond motifs is 3. The third-order valence-electron chi connectivity index (χ3n) is 3.86. The molecule has 2 aromatic rings. The lowest BCUT2D eigenvalue weighted by Gasteiger charge is -2.18. The first-order valence-corrected chi connectivity index (χ1v) is 7.41. The zero-order chi connectivity index (χ0) is 15.8. The topological polar surface area (TPSA) is 83.1 Å². The number of aryl methyl sites for hydroxylation is 1. The highest BCUT2D eigenvalue weighted by molar-refractivity contribution is 6.17. The zero-order valence-corrected chi connectivity index (χ0v) is 12.6. The van der Waals surface area contributed by atoms with Crippen LogP contribution in [0.5, 0.6) is 0 Å². The summed E-state index contributed by atoms with van der Waals surface area (Å²) in [6.07, 6.45) is 3.40. The Bertz CT molecular complexity index is 822. The van der Waals surface area contributed by atoms with Gasteiger partial charge in [0.2, 0.25) is 5.88 Å². The number of nitrogens with zero attached hydrogens (tertiary/aromatic N) is 4. The molecule has 1 N–H and O–H groups in total. The number of nitrogens with one attached hydrogen (secondary N) is 1. The number of carbonyl (C=O) groups is 1. The minimum Gasteiger partial charge on any atom is -0.442 e. The molecule has 4 rings (SSSR count). The lowest BCUT2D eigenvalue weighted by molar-refractivity contribution is 0.0948. The summed E-state index contributed by atoms with van der Waals surface area (Å²) in [5.41, 5.74) is 1.98. The van der Waals surface area contributed by atoms with Crippen molar-refractivity contribution >= 4 is 24.0 Å². The lowest BCUT2D eigenvalue weighted by atomic mass is 10.1. The normalized spacial score (nSPS) is 15.2. The molecule has 7 heteroatoms. The molecule has 0 aliphatic carbocycles. The molecule has 2 aromatic heterocycles. The molecule has 0 bridgehead atoms. The van der Waals surface area contributed by atoms with Crippen molar-refractivity contribution in [3.63, 3.8) is 0 Å². The maximum Gasteiger partial charge on any atom is 0.255 e. The summed E-state index contributed by atoms with van der Waals surface area (Å²) in [6.45, 7) is 3.60. The van der Waals surface area contributed by atoms with Crippen molar-refractivity contribution in [1.29, 1.82) is 0 Å². The number of aliphatic imine (C=N–C) groups is 2. The Kier molecular flexibility index (Phi) is 3.18. The Hall–Kier alpha value is -2.96. The second-order valence-corrected chi connectivity index (χ2v) is 5.36. The fourth-order valence-electron chi connectivity index (χ4n) is 2.78. The first-order valence-electron chi connectivity index (χ1n) is 7.41. The van der Waals surface area contributed by atoms with Crippen LogP contribution < -0.4 is 5.32 Å². The lowest BCUT2D eigenvalue weighted by Crippen LogP contribution is -2.32. The van der Waals surface area contributed by atoms with E-state index in [1.807, 2.05) is 23.1 Å². The number of amidine groups is 1. The zero-order valence-electron chi connectivity index (χ0n) is 12.6. The van der Waals surface area contributed by atoms with Crippen LogP contribution in [0.3, 0.4) is 0 Å². The van der Waals surface area contributed by atoms with E-state index in [1.54, 1.807) is 19.5 Å². The van der Waals surface area contributed by atoms with Gasteiger partial charge in [-0.3, -0.25) is 14.8 Å². The van der Waals surface area contributed by atoms with Crippen molar-refractivity contribution in [3.05, 3.63) is 47.0 Å². The number of aromatic nitrogens is 1. The van der Waals surface area contributed by atoms with E-state index >= 15 is 0 Å². The smallest absolute Gasteiger partial charge is 0.255 e. The molecule has 0 unspecified atom stereocenters. The van der Waals surface area contributed by atoms with Gasteiger partial charge in [0.05, 0.1) is 29.9 Å². The van der Waals surface area contributed by atoms with Gasteiger partial charge in [-0.05, 0) is 19.1 Å². The Balaban J connectivity index is 1.63. The quantitative estimate of drug-likeness (QED) is 0.934. The first kappa shape index (κ1) is 13.7. The Morgan fingerprint density at radius 1 is 1.43 bits per heavy atom. The molecule has 4 heterocycles. The Morgan fingerprint density at radius 3 is 3.17 bits per heavy atom. The molecule has 23 heavy (non-hydrogen) atoms. The third kappa shape index (κ3) is 2.30. The molecule has 1 amide bonds. The highest BCUT2D eigenvalue weighted by Crippen LogP contribution is 2.34. The minimum absolute atomic E-state index is 0.204. The second-order valence-electron chi connectivity index (χ2n) is 5.36. The van der Waals surface area contributed by atoms with Crippen LogP contribution in [-0.4, -0.2) is 41.1 Å². The monoisotopic (exact) mass is 309 g/mol. The van der Waals surface area contributed by atoms with Crippen LogP contribution >= 0.6 is 0 Å². The van der Waals surface area contributed by atoms with E-state index in [0.29, 0.717) is 35.9 Å². The van der Waals surface area contributed by atoms with Crippen molar-refractivity contribution in [2.24, 2.45) is 9.98 Å². The highest BCUT2D eigenvalue weighted by Gasteiger charge is 2.33. The molecule has 0 saturated carbocycles. The van der Waals surface area contributed by atoms with Gasteiger partial charge in [0.1, 0.15) is 17.9 Å². The highest BCUT2D eigenvalue weighted by atomic mass is 16.4. The second kappa shape index (κ2) is 5.35. The van der Waals surface area contributed by atoms with Gasteiger partial charge in [-0.1, -0.05) is 6.07 Å². The molecule has 0 radical (unpaired) electrons. The number of pyridine rings is 1. The Morgan fingerprint density at radius 2 is 2.35 bits per heavy atom. The van der Waals surface area contributed by atoms with Gasteiger partial charge < -0.3 is 14.6 Å². The molecule has 2 aliphatic heterocycles. The van der Waals surface area contributed by atoms with Gasteiger partial charge in [-0.15, -0.1) is 0 Å². The van der Waals surface area contributed by atoms with Gasteiger partial charge in [-0.25, -0.2) is 4.99 Å². The van der Waals surface area contributed by atoms with Crippen LogP contribution in [0.15, 0.2) is 38.8 Å². The molecule has 2 aliphatic rings. The Labute approximate surface area is 132 Å². The van der Waals surface area contributed by atoms with Crippen LogP contribution in [0.2, 0.25) is 0 Å². The summed E-state index contributed by atoms with van der Waals surface area (Å²) in [4.78, 5) is 27.5. The van der Waals surface area contributed by atoms with Gasteiger partial charge in [-0.2, -0.15) is 0 Å². The largest absolute Gasteiger partial charge is 0.442 e. The first-order chi connectivity index (χ1) is 11.2. The van der Waals surface area contributed by atoms with Crippen molar-refractivity contribution in [2.45, 2.75) is 13.5 Å². The number of rotatable bonds is 3. The number of carbonyl (C=O) groups excluding carboxylic acids is 1. The maximum atomic E-state index is 12.6. The molecule has 0 saturated heterocycles. The van der Waals surface area contributed by atoms with Crippen LogP contribution in [-0.2, 0) is 6.54 Å². The number of amides is 1. The van der Waals surface area contributed by atoms with Gasteiger partial charge in [0.15, 0.2) is 0 Å². The van der Waals surface area contributed by atoms with Crippen LogP contribution in [0.4, 0.5) is 5.88 Å². The predicted molar refractivity (Wildman–Crippen MR) is 85.1 cm³/mol. The van der Waals surface area contributed by atoms with Crippen molar-refractivity contribution < 1.29 is 9.21 Å². The molecule has 0 aromatic carbocycles. The number of hydrogen-bond acceptors (Lipinski definition) is 6. The van der Waals surface area contributed by atoms with Crippen LogP contribution in [0.1, 0.15) is 27.4 Å². The van der Waals surface area contributed by atoms with E-state index in [1.165, 1.54) is 0 Å². The fraction of sp³-hybridized carbons (Fsp3) is 0.250. The molecule has 7 nitrogen and oxygen atoms in total. The number of hydrogen-bond donors (Lipinski definition) is 1. The molecule has 0 spiro atoms. The average molecular weight is 309 g/mol. The van der Waals surface area contributed by atoms with E-state index in [9.17, 15) is 4.79 Å². The molecule has 0 fully saturated rings. The third-order valence-corrected chi connectivity index (χ3v) is 3.86. The van der Waals surface area contributed by atoms with Gasteiger partial charge in [0.25, 0.3) is 5.91 Å². The summed E-state index contributed by atoms with van der Waals surface area (Å²) in [5, 5.41) is 2.89. The van der Waals surface area contributed by atoms with E-state index in [0.717, 1.165) is 18.1 Å². The van der Waals surface area contributed by atoms with Crippen molar-refractivity contribution in [2.75, 3.05) is 13.1 Å². The van der Waals surface area contributed by atoms with E-state index in [2.05, 4.69) is 20.3 Å². The number of furan rings is 1.